The van der Waals surface area contributed by atoms with Crippen LogP contribution in [0.4, 0.5) is 11.4 Å². The van der Waals surface area contributed by atoms with E-state index in [4.69, 9.17) is 0 Å². The number of carbonyl (C=O) groups is 1. The SMILES string of the molecule is Cc1ccc(NC(=O)Cc2c(C)nn(C)c2C)cc1[N+](=O)[O-]. The summed E-state index contributed by atoms with van der Waals surface area (Å²) < 4.78 is 1.73. The van der Waals surface area contributed by atoms with E-state index in [1.807, 2.05) is 20.9 Å². The fourth-order valence-electron chi connectivity index (χ4n) is 2.32. The third kappa shape index (κ3) is 3.13. The average Bonchev–Trinajstić information content (AvgIpc) is 2.67. The Bertz CT molecular complexity index is 749. The van der Waals surface area contributed by atoms with Gasteiger partial charge in [-0.1, -0.05) is 6.07 Å². The molecule has 0 fully saturated rings. The topological polar surface area (TPSA) is 90.1 Å². The summed E-state index contributed by atoms with van der Waals surface area (Å²) in [5, 5.41) is 17.9. The van der Waals surface area contributed by atoms with Crippen molar-refractivity contribution in [1.82, 2.24) is 9.78 Å². The predicted octanol–water partition coefficient (Wildman–Crippen LogP) is 2.43. The number of nitro groups is 1. The van der Waals surface area contributed by atoms with Crippen molar-refractivity contribution in [3.05, 3.63) is 50.8 Å². The molecule has 0 spiro atoms. The van der Waals surface area contributed by atoms with Gasteiger partial charge < -0.3 is 5.32 Å². The second-order valence-electron chi connectivity index (χ2n) is 5.26. The summed E-state index contributed by atoms with van der Waals surface area (Å²) in [7, 11) is 1.83. The van der Waals surface area contributed by atoms with Gasteiger partial charge in [0.1, 0.15) is 0 Å². The van der Waals surface area contributed by atoms with Crippen LogP contribution in [0.5, 0.6) is 0 Å². The van der Waals surface area contributed by atoms with Crippen LogP contribution >= 0.6 is 0 Å². The number of anilines is 1. The number of amides is 1. The number of nitrogens with zero attached hydrogens (tertiary/aromatic N) is 3. The zero-order valence-corrected chi connectivity index (χ0v) is 13.0. The monoisotopic (exact) mass is 302 g/mol. The molecule has 1 amide bonds. The standard InChI is InChI=1S/C15H18N4O3/c1-9-5-6-12(7-14(9)19(21)22)16-15(20)8-13-10(2)17-18(4)11(13)3/h5-7H,8H2,1-4H3,(H,16,20). The largest absolute Gasteiger partial charge is 0.326 e. The zero-order valence-electron chi connectivity index (χ0n) is 13.0. The summed E-state index contributed by atoms with van der Waals surface area (Å²) in [5.41, 5.74) is 3.59. The van der Waals surface area contributed by atoms with Crippen LogP contribution < -0.4 is 5.32 Å². The van der Waals surface area contributed by atoms with Crippen molar-refractivity contribution < 1.29 is 9.72 Å². The molecule has 0 bridgehead atoms. The zero-order chi connectivity index (χ0) is 16.4. The number of hydrogen-bond acceptors (Lipinski definition) is 4. The number of aryl methyl sites for hydroxylation is 3. The summed E-state index contributed by atoms with van der Waals surface area (Å²) >= 11 is 0. The van der Waals surface area contributed by atoms with Crippen molar-refractivity contribution in [1.29, 1.82) is 0 Å². The fourth-order valence-corrected chi connectivity index (χ4v) is 2.32. The molecular formula is C15H18N4O3. The Hall–Kier alpha value is -2.70. The van der Waals surface area contributed by atoms with Crippen molar-refractivity contribution in [3.8, 4) is 0 Å². The van der Waals surface area contributed by atoms with Gasteiger partial charge in [-0.3, -0.25) is 19.6 Å². The lowest BCUT2D eigenvalue weighted by atomic mass is 10.1. The molecule has 1 aromatic heterocycles. The first-order valence-electron chi connectivity index (χ1n) is 6.83. The maximum Gasteiger partial charge on any atom is 0.274 e. The van der Waals surface area contributed by atoms with Gasteiger partial charge in [-0.05, 0) is 26.8 Å². The minimum absolute atomic E-state index is 0.00783. The minimum atomic E-state index is -0.458. The van der Waals surface area contributed by atoms with E-state index in [-0.39, 0.29) is 18.0 Å². The van der Waals surface area contributed by atoms with Crippen LogP contribution in [-0.4, -0.2) is 20.6 Å². The van der Waals surface area contributed by atoms with Crippen LogP contribution in [0, 0.1) is 30.9 Å². The first-order valence-corrected chi connectivity index (χ1v) is 6.83. The number of rotatable bonds is 4. The van der Waals surface area contributed by atoms with E-state index in [9.17, 15) is 14.9 Å². The number of aromatic nitrogens is 2. The molecule has 7 nitrogen and oxygen atoms in total. The Balaban J connectivity index is 2.16. The van der Waals surface area contributed by atoms with Crippen molar-refractivity contribution in [2.45, 2.75) is 27.2 Å². The maximum atomic E-state index is 12.1. The molecule has 1 aromatic carbocycles. The molecule has 22 heavy (non-hydrogen) atoms. The Kier molecular flexibility index (Phi) is 4.25. The lowest BCUT2D eigenvalue weighted by molar-refractivity contribution is -0.385. The lowest BCUT2D eigenvalue weighted by Crippen LogP contribution is -2.15. The fraction of sp³-hybridized carbons (Fsp3) is 0.333. The molecule has 0 radical (unpaired) electrons. The summed E-state index contributed by atoms with van der Waals surface area (Å²) in [4.78, 5) is 22.6. The van der Waals surface area contributed by atoms with Gasteiger partial charge in [0, 0.05) is 35.6 Å². The van der Waals surface area contributed by atoms with Gasteiger partial charge in [-0.15, -0.1) is 0 Å². The summed E-state index contributed by atoms with van der Waals surface area (Å²) in [6.45, 7) is 5.41. The number of nitrogens with one attached hydrogen (secondary N) is 1. The van der Waals surface area contributed by atoms with Gasteiger partial charge in [0.2, 0.25) is 5.91 Å². The van der Waals surface area contributed by atoms with Gasteiger partial charge in [0.15, 0.2) is 0 Å². The van der Waals surface area contributed by atoms with Gasteiger partial charge in [0.25, 0.3) is 5.69 Å². The van der Waals surface area contributed by atoms with E-state index in [1.54, 1.807) is 23.7 Å². The molecule has 0 aliphatic carbocycles. The molecular weight excluding hydrogens is 284 g/mol. The van der Waals surface area contributed by atoms with E-state index >= 15 is 0 Å². The minimum Gasteiger partial charge on any atom is -0.326 e. The highest BCUT2D eigenvalue weighted by Gasteiger charge is 2.15. The van der Waals surface area contributed by atoms with Crippen molar-refractivity contribution in [2.75, 3.05) is 5.32 Å². The molecule has 2 aromatic rings. The van der Waals surface area contributed by atoms with E-state index < -0.39 is 4.92 Å². The second kappa shape index (κ2) is 5.97. The number of hydrogen-bond donors (Lipinski definition) is 1. The third-order valence-electron chi connectivity index (χ3n) is 3.69. The highest BCUT2D eigenvalue weighted by atomic mass is 16.6. The van der Waals surface area contributed by atoms with Crippen LogP contribution in [0.2, 0.25) is 0 Å². The molecule has 7 heteroatoms. The molecule has 0 atom stereocenters. The van der Waals surface area contributed by atoms with Crippen LogP contribution in [0.3, 0.4) is 0 Å². The Morgan fingerprint density at radius 2 is 2.05 bits per heavy atom. The van der Waals surface area contributed by atoms with Gasteiger partial charge >= 0.3 is 0 Å². The van der Waals surface area contributed by atoms with E-state index in [2.05, 4.69) is 10.4 Å². The Morgan fingerprint density at radius 3 is 2.59 bits per heavy atom. The molecule has 2 rings (SSSR count). The Morgan fingerprint density at radius 1 is 1.36 bits per heavy atom. The van der Waals surface area contributed by atoms with Gasteiger partial charge in [0.05, 0.1) is 17.0 Å². The van der Waals surface area contributed by atoms with Crippen LogP contribution in [0.1, 0.15) is 22.5 Å². The molecule has 0 aliphatic heterocycles. The number of benzene rings is 1. The highest BCUT2D eigenvalue weighted by Crippen LogP contribution is 2.22. The third-order valence-corrected chi connectivity index (χ3v) is 3.69. The lowest BCUT2D eigenvalue weighted by Gasteiger charge is -2.07. The summed E-state index contributed by atoms with van der Waals surface area (Å²) in [6, 6.07) is 4.65. The molecule has 116 valence electrons. The smallest absolute Gasteiger partial charge is 0.274 e. The molecule has 0 aliphatic rings. The Labute approximate surface area is 128 Å². The molecule has 1 heterocycles. The van der Waals surface area contributed by atoms with Crippen molar-refractivity contribution in [3.63, 3.8) is 0 Å². The van der Waals surface area contributed by atoms with Crippen molar-refractivity contribution >= 4 is 17.3 Å². The number of carbonyl (C=O) groups excluding carboxylic acids is 1. The van der Waals surface area contributed by atoms with Gasteiger partial charge in [-0.25, -0.2) is 0 Å². The normalized spacial score (nSPS) is 10.5. The van der Waals surface area contributed by atoms with E-state index in [0.29, 0.717) is 11.3 Å². The summed E-state index contributed by atoms with van der Waals surface area (Å²) in [6.07, 6.45) is 0.188. The summed E-state index contributed by atoms with van der Waals surface area (Å²) in [5.74, 6) is -0.225. The first kappa shape index (κ1) is 15.7. The number of nitro benzene ring substituents is 1. The van der Waals surface area contributed by atoms with Crippen LogP contribution in [0.15, 0.2) is 18.2 Å². The highest BCUT2D eigenvalue weighted by molar-refractivity contribution is 5.92. The molecule has 0 unspecified atom stereocenters. The molecule has 1 N–H and O–H groups in total. The van der Waals surface area contributed by atoms with E-state index in [1.165, 1.54) is 6.07 Å². The molecule has 0 saturated heterocycles. The van der Waals surface area contributed by atoms with Crippen LogP contribution in [0.25, 0.3) is 0 Å². The predicted molar refractivity (Wildman–Crippen MR) is 82.8 cm³/mol. The molecule has 0 saturated carbocycles. The van der Waals surface area contributed by atoms with Crippen LogP contribution in [-0.2, 0) is 18.3 Å². The quantitative estimate of drug-likeness (QED) is 0.693. The van der Waals surface area contributed by atoms with Crippen molar-refractivity contribution in [2.24, 2.45) is 7.05 Å². The van der Waals surface area contributed by atoms with Gasteiger partial charge in [-0.2, -0.15) is 5.10 Å². The average molecular weight is 302 g/mol. The first-order chi connectivity index (χ1) is 10.3. The van der Waals surface area contributed by atoms with E-state index in [0.717, 1.165) is 17.0 Å². The second-order valence-corrected chi connectivity index (χ2v) is 5.26. The maximum absolute atomic E-state index is 12.1.